The van der Waals surface area contributed by atoms with Crippen LogP contribution in [0.5, 0.6) is 5.75 Å². The average Bonchev–Trinajstić information content (AvgIpc) is 3.00. The fraction of sp³-hybridized carbons (Fsp3) is 0.227. The molecule has 0 spiro atoms. The number of sulfonamides is 1. The van der Waals surface area contributed by atoms with Crippen LogP contribution < -0.4 is 15.2 Å². The summed E-state index contributed by atoms with van der Waals surface area (Å²) < 4.78 is 30.6. The second kappa shape index (κ2) is 8.73. The van der Waals surface area contributed by atoms with Crippen LogP contribution in [0, 0.1) is 13.8 Å². The third-order valence-electron chi connectivity index (χ3n) is 4.97. The molecule has 2 aromatic carbocycles. The minimum atomic E-state index is -3.92. The third-order valence-corrected chi connectivity index (χ3v) is 5.89. The van der Waals surface area contributed by atoms with Crippen LogP contribution in [0.15, 0.2) is 59.5 Å². The van der Waals surface area contributed by atoms with Crippen molar-refractivity contribution < 1.29 is 17.9 Å². The van der Waals surface area contributed by atoms with Gasteiger partial charge in [0.2, 0.25) is 10.0 Å². The van der Waals surface area contributed by atoms with Gasteiger partial charge in [0.25, 0.3) is 5.91 Å². The van der Waals surface area contributed by atoms with Crippen LogP contribution in [0.1, 0.15) is 27.3 Å². The Bertz CT molecular complexity index is 1170. The summed E-state index contributed by atoms with van der Waals surface area (Å²) in [5.74, 6) is -0.142. The largest absolute Gasteiger partial charge is 0.496 e. The summed E-state index contributed by atoms with van der Waals surface area (Å²) in [6, 6.07) is 16.1. The van der Waals surface area contributed by atoms with Gasteiger partial charge < -0.3 is 14.6 Å². The zero-order valence-corrected chi connectivity index (χ0v) is 18.0. The number of rotatable bonds is 7. The topological polar surface area (TPSA) is 103 Å². The van der Waals surface area contributed by atoms with Gasteiger partial charge in [0.05, 0.1) is 17.6 Å². The summed E-state index contributed by atoms with van der Waals surface area (Å²) in [6.07, 6.45) is 0.634. The second-order valence-electron chi connectivity index (χ2n) is 6.98. The predicted octanol–water partition coefficient (Wildman–Crippen LogP) is 2.72. The minimum absolute atomic E-state index is 0.124. The molecule has 30 heavy (non-hydrogen) atoms. The predicted molar refractivity (Wildman–Crippen MR) is 116 cm³/mol. The van der Waals surface area contributed by atoms with E-state index < -0.39 is 15.9 Å². The van der Waals surface area contributed by atoms with E-state index in [2.05, 4.69) is 35.0 Å². The van der Waals surface area contributed by atoms with Crippen molar-refractivity contribution in [2.45, 2.75) is 25.2 Å². The number of aromatic nitrogens is 1. The molecular weight excluding hydrogens is 402 g/mol. The highest BCUT2D eigenvalue weighted by Gasteiger charge is 2.17. The molecule has 0 saturated carbocycles. The zero-order chi connectivity index (χ0) is 21.9. The van der Waals surface area contributed by atoms with E-state index in [1.54, 1.807) is 0 Å². The normalized spacial score (nSPS) is 11.3. The van der Waals surface area contributed by atoms with Gasteiger partial charge in [-0.15, -0.1) is 0 Å². The van der Waals surface area contributed by atoms with Crippen molar-refractivity contribution in [2.75, 3.05) is 13.7 Å². The molecule has 3 aromatic rings. The van der Waals surface area contributed by atoms with Gasteiger partial charge in [-0.2, -0.15) is 0 Å². The van der Waals surface area contributed by atoms with E-state index in [0.717, 1.165) is 22.6 Å². The fourth-order valence-electron chi connectivity index (χ4n) is 3.50. The van der Waals surface area contributed by atoms with Gasteiger partial charge in [0.15, 0.2) is 0 Å². The van der Waals surface area contributed by atoms with E-state index in [4.69, 9.17) is 9.88 Å². The van der Waals surface area contributed by atoms with Gasteiger partial charge in [0.1, 0.15) is 5.75 Å². The highest BCUT2D eigenvalue weighted by atomic mass is 32.2. The molecule has 0 saturated heterocycles. The molecule has 0 atom stereocenters. The Morgan fingerprint density at radius 1 is 1.10 bits per heavy atom. The molecule has 7 nitrogen and oxygen atoms in total. The van der Waals surface area contributed by atoms with Crippen LogP contribution in [0.4, 0.5) is 0 Å². The summed E-state index contributed by atoms with van der Waals surface area (Å²) in [5.41, 5.74) is 4.57. The average molecular weight is 428 g/mol. The third kappa shape index (κ3) is 4.55. The number of amides is 1. The number of ether oxygens (including phenoxy) is 1. The van der Waals surface area contributed by atoms with Crippen LogP contribution in [0.3, 0.4) is 0 Å². The maximum Gasteiger partial charge on any atom is 0.255 e. The summed E-state index contributed by atoms with van der Waals surface area (Å²) in [7, 11) is -2.50. The first-order valence-electron chi connectivity index (χ1n) is 9.44. The van der Waals surface area contributed by atoms with Crippen molar-refractivity contribution >= 4 is 15.9 Å². The van der Waals surface area contributed by atoms with Crippen molar-refractivity contribution in [3.63, 3.8) is 0 Å². The Morgan fingerprint density at radius 3 is 2.43 bits per heavy atom. The van der Waals surface area contributed by atoms with E-state index in [0.29, 0.717) is 13.0 Å². The monoisotopic (exact) mass is 427 g/mol. The lowest BCUT2D eigenvalue weighted by Gasteiger charge is -2.11. The molecule has 1 heterocycles. The summed E-state index contributed by atoms with van der Waals surface area (Å²) in [6.45, 7) is 4.49. The molecular formula is C22H25N3O4S. The Labute approximate surface area is 176 Å². The standard InChI is InChI=1S/C22H25N3O4S/c1-15-13-17(16(2)25(15)18-7-5-4-6-8-18)11-12-24-22(26)20-14-19(30(23,27)28)9-10-21(20)29-3/h4-10,13-14H,11-12H2,1-3H3,(H,24,26)(H2,23,27,28). The lowest BCUT2D eigenvalue weighted by Crippen LogP contribution is -2.26. The van der Waals surface area contributed by atoms with Crippen LogP contribution in [0.2, 0.25) is 0 Å². The molecule has 1 amide bonds. The molecule has 0 radical (unpaired) electrons. The maximum absolute atomic E-state index is 12.6. The molecule has 0 unspecified atom stereocenters. The van der Waals surface area contributed by atoms with Crippen molar-refractivity contribution in [1.82, 2.24) is 9.88 Å². The highest BCUT2D eigenvalue weighted by molar-refractivity contribution is 7.89. The lowest BCUT2D eigenvalue weighted by molar-refractivity contribution is 0.0951. The molecule has 0 bridgehead atoms. The van der Waals surface area contributed by atoms with Gasteiger partial charge in [-0.3, -0.25) is 4.79 Å². The molecule has 158 valence electrons. The Morgan fingerprint density at radius 2 is 1.80 bits per heavy atom. The molecule has 0 aliphatic rings. The van der Waals surface area contributed by atoms with Crippen molar-refractivity contribution in [2.24, 2.45) is 5.14 Å². The van der Waals surface area contributed by atoms with Gasteiger partial charge in [-0.25, -0.2) is 13.6 Å². The van der Waals surface area contributed by atoms with E-state index >= 15 is 0 Å². The quantitative estimate of drug-likeness (QED) is 0.605. The van der Waals surface area contributed by atoms with Crippen LogP contribution in [-0.2, 0) is 16.4 Å². The maximum atomic E-state index is 12.6. The van der Waals surface area contributed by atoms with Crippen molar-refractivity contribution in [3.05, 3.63) is 77.1 Å². The van der Waals surface area contributed by atoms with Gasteiger partial charge in [-0.1, -0.05) is 18.2 Å². The van der Waals surface area contributed by atoms with Crippen LogP contribution in [0.25, 0.3) is 5.69 Å². The highest BCUT2D eigenvalue weighted by Crippen LogP contribution is 2.23. The first-order chi connectivity index (χ1) is 14.2. The number of carbonyl (C=O) groups excluding carboxylic acids is 1. The first kappa shape index (κ1) is 21.6. The molecule has 0 aliphatic carbocycles. The van der Waals surface area contributed by atoms with Gasteiger partial charge >= 0.3 is 0 Å². The van der Waals surface area contributed by atoms with Crippen molar-refractivity contribution in [3.8, 4) is 11.4 Å². The van der Waals surface area contributed by atoms with Gasteiger partial charge in [-0.05, 0) is 62.2 Å². The number of primary sulfonamides is 1. The number of nitrogens with zero attached hydrogens (tertiary/aromatic N) is 1. The Hall–Kier alpha value is -3.10. The Balaban J connectivity index is 1.74. The molecule has 1 aromatic heterocycles. The van der Waals surface area contributed by atoms with E-state index in [-0.39, 0.29) is 16.2 Å². The number of benzene rings is 2. The number of para-hydroxylation sites is 1. The van der Waals surface area contributed by atoms with Crippen LogP contribution in [-0.4, -0.2) is 32.5 Å². The van der Waals surface area contributed by atoms with E-state index in [1.807, 2.05) is 25.1 Å². The lowest BCUT2D eigenvalue weighted by atomic mass is 10.1. The molecule has 0 fully saturated rings. The van der Waals surface area contributed by atoms with Crippen LogP contribution >= 0.6 is 0 Å². The molecule has 3 rings (SSSR count). The number of carbonyl (C=O) groups is 1. The fourth-order valence-corrected chi connectivity index (χ4v) is 4.04. The number of nitrogens with one attached hydrogen (secondary N) is 1. The summed E-state index contributed by atoms with van der Waals surface area (Å²) in [4.78, 5) is 12.5. The SMILES string of the molecule is COc1ccc(S(N)(=O)=O)cc1C(=O)NCCc1cc(C)n(-c2ccccc2)c1C. The van der Waals surface area contributed by atoms with Gasteiger partial charge in [0, 0.05) is 23.6 Å². The number of methoxy groups -OCH3 is 1. The first-order valence-corrected chi connectivity index (χ1v) is 11.0. The number of hydrogen-bond donors (Lipinski definition) is 2. The number of nitrogens with two attached hydrogens (primary N) is 1. The smallest absolute Gasteiger partial charge is 0.255 e. The molecule has 3 N–H and O–H groups in total. The van der Waals surface area contributed by atoms with Crippen molar-refractivity contribution in [1.29, 1.82) is 0 Å². The number of hydrogen-bond acceptors (Lipinski definition) is 4. The molecule has 8 heteroatoms. The number of aryl methyl sites for hydroxylation is 1. The zero-order valence-electron chi connectivity index (χ0n) is 17.2. The second-order valence-corrected chi connectivity index (χ2v) is 8.54. The Kier molecular flexibility index (Phi) is 6.28. The summed E-state index contributed by atoms with van der Waals surface area (Å²) in [5, 5.41) is 8.00. The summed E-state index contributed by atoms with van der Waals surface area (Å²) >= 11 is 0. The van der Waals surface area contributed by atoms with E-state index in [1.165, 1.54) is 25.3 Å². The van der Waals surface area contributed by atoms with E-state index in [9.17, 15) is 13.2 Å². The minimum Gasteiger partial charge on any atom is -0.496 e. The molecule has 0 aliphatic heterocycles.